The molecule has 0 aliphatic carbocycles. The molecule has 0 aromatic heterocycles. The second kappa shape index (κ2) is 7.82. The number of nitrogens with zero attached hydrogens (tertiary/aromatic N) is 1. The molecule has 8 heteroatoms. The minimum atomic E-state index is -1.46. The highest BCUT2D eigenvalue weighted by Gasteiger charge is 2.49. The van der Waals surface area contributed by atoms with E-state index in [1.165, 1.54) is 11.8 Å². The van der Waals surface area contributed by atoms with Crippen LogP contribution in [0.3, 0.4) is 0 Å². The first kappa shape index (κ1) is 18.3. The molecule has 2 heterocycles. The van der Waals surface area contributed by atoms with Crippen LogP contribution in [0.15, 0.2) is 40.9 Å². The van der Waals surface area contributed by atoms with Gasteiger partial charge in [-0.1, -0.05) is 30.3 Å². The molecule has 1 N–H and O–H groups in total. The quantitative estimate of drug-likeness (QED) is 0.562. The van der Waals surface area contributed by atoms with Crippen molar-refractivity contribution in [1.29, 1.82) is 0 Å². The Labute approximate surface area is 153 Å². The van der Waals surface area contributed by atoms with Crippen LogP contribution < -0.4 is 5.32 Å². The van der Waals surface area contributed by atoms with E-state index in [2.05, 4.69) is 5.32 Å². The number of nitrogens with one attached hydrogen (secondary N) is 1. The van der Waals surface area contributed by atoms with Crippen LogP contribution in [0.25, 0.3) is 0 Å². The fourth-order valence-corrected chi connectivity index (χ4v) is 4.36. The summed E-state index contributed by atoms with van der Waals surface area (Å²) in [5.74, 6) is -0.800. The normalized spacial score (nSPS) is 19.7. The molecular formula is C18H20N2O5S. The Bertz CT molecular complexity index is 790. The molecule has 1 saturated heterocycles. The molecule has 1 aromatic carbocycles. The number of fused-ring (bicyclic) bond motifs is 1. The van der Waals surface area contributed by atoms with Crippen molar-refractivity contribution in [3.8, 4) is 0 Å². The van der Waals surface area contributed by atoms with E-state index >= 15 is 0 Å². The minimum Gasteiger partial charge on any atom is -0.456 e. The highest BCUT2D eigenvalue weighted by molar-refractivity contribution is 7.89. The third-order valence-corrected chi connectivity index (χ3v) is 5.80. The molecule has 2 atom stereocenters. The molecule has 0 radical (unpaired) electrons. The predicted molar refractivity (Wildman–Crippen MR) is 94.8 cm³/mol. The van der Waals surface area contributed by atoms with E-state index in [-0.39, 0.29) is 42.5 Å². The van der Waals surface area contributed by atoms with Gasteiger partial charge in [-0.05, 0) is 5.56 Å². The number of esters is 1. The summed E-state index contributed by atoms with van der Waals surface area (Å²) in [6, 6.07) is 9.11. The van der Waals surface area contributed by atoms with Gasteiger partial charge in [-0.3, -0.25) is 13.8 Å². The lowest BCUT2D eigenvalue weighted by atomic mass is 10.0. The number of carbonyl (C=O) groups is 3. The standard InChI is InChI=1S/C18H20N2O5S/c1-12(21)19-7-8-26(24)15-9-14-10-16(22)20(14)17(15)18(23)25-11-13-5-3-2-4-6-13/h2-6,14H,7-11H2,1H3,(H,19,21). The van der Waals surface area contributed by atoms with E-state index in [0.717, 1.165) is 5.56 Å². The summed E-state index contributed by atoms with van der Waals surface area (Å²) in [6.07, 6.45) is 0.760. The Hall–Kier alpha value is -2.48. The van der Waals surface area contributed by atoms with Gasteiger partial charge in [0.25, 0.3) is 0 Å². The van der Waals surface area contributed by atoms with Crippen LogP contribution in [0.5, 0.6) is 0 Å². The van der Waals surface area contributed by atoms with Crippen molar-refractivity contribution in [2.75, 3.05) is 12.3 Å². The second-order valence-electron chi connectivity index (χ2n) is 6.19. The van der Waals surface area contributed by atoms with Gasteiger partial charge in [0.1, 0.15) is 12.3 Å². The van der Waals surface area contributed by atoms with Crippen molar-refractivity contribution < 1.29 is 23.3 Å². The molecule has 1 fully saturated rings. The van der Waals surface area contributed by atoms with Crippen LogP contribution in [-0.2, 0) is 36.5 Å². The SMILES string of the molecule is CC(=O)NCCS(=O)C1=C(C(=O)OCc2ccccc2)N2C(=O)CC2C1. The van der Waals surface area contributed by atoms with Crippen LogP contribution in [0.1, 0.15) is 25.3 Å². The third-order valence-electron chi connectivity index (χ3n) is 4.31. The van der Waals surface area contributed by atoms with E-state index in [4.69, 9.17) is 4.74 Å². The van der Waals surface area contributed by atoms with Crippen molar-refractivity contribution in [2.45, 2.75) is 32.4 Å². The summed E-state index contributed by atoms with van der Waals surface area (Å²) in [6.45, 7) is 1.72. The largest absolute Gasteiger partial charge is 0.456 e. The summed E-state index contributed by atoms with van der Waals surface area (Å²) in [4.78, 5) is 37.3. The summed E-state index contributed by atoms with van der Waals surface area (Å²) < 4.78 is 17.9. The molecule has 2 unspecified atom stereocenters. The van der Waals surface area contributed by atoms with E-state index in [9.17, 15) is 18.6 Å². The van der Waals surface area contributed by atoms with E-state index < -0.39 is 16.8 Å². The van der Waals surface area contributed by atoms with Crippen LogP contribution in [0, 0.1) is 0 Å². The van der Waals surface area contributed by atoms with Gasteiger partial charge in [0, 0.05) is 37.0 Å². The molecule has 1 aromatic rings. The number of rotatable bonds is 7. The number of hydrogen-bond donors (Lipinski definition) is 1. The number of hydrogen-bond acceptors (Lipinski definition) is 5. The minimum absolute atomic E-state index is 0.0850. The Morgan fingerprint density at radius 3 is 2.65 bits per heavy atom. The van der Waals surface area contributed by atoms with Gasteiger partial charge in [0.05, 0.1) is 16.8 Å². The Kier molecular flexibility index (Phi) is 5.51. The Morgan fingerprint density at radius 1 is 1.27 bits per heavy atom. The zero-order valence-electron chi connectivity index (χ0n) is 14.4. The monoisotopic (exact) mass is 376 g/mol. The highest BCUT2D eigenvalue weighted by Crippen LogP contribution is 2.40. The fraction of sp³-hybridized carbons (Fsp3) is 0.389. The highest BCUT2D eigenvalue weighted by atomic mass is 32.2. The lowest BCUT2D eigenvalue weighted by Crippen LogP contribution is -2.49. The van der Waals surface area contributed by atoms with Gasteiger partial charge in [0.2, 0.25) is 11.8 Å². The second-order valence-corrected chi connectivity index (χ2v) is 7.78. The number of carbonyl (C=O) groups excluding carboxylic acids is 3. The average Bonchev–Trinajstić information content (AvgIpc) is 2.93. The zero-order valence-corrected chi connectivity index (χ0v) is 15.2. The van der Waals surface area contributed by atoms with E-state index in [1.807, 2.05) is 30.3 Å². The third kappa shape index (κ3) is 3.85. The molecule has 26 heavy (non-hydrogen) atoms. The molecule has 3 rings (SSSR count). The van der Waals surface area contributed by atoms with Gasteiger partial charge < -0.3 is 15.0 Å². The molecule has 2 aliphatic rings. The number of amides is 2. The van der Waals surface area contributed by atoms with Gasteiger partial charge in [0.15, 0.2) is 0 Å². The molecular weight excluding hydrogens is 356 g/mol. The van der Waals surface area contributed by atoms with Gasteiger partial charge >= 0.3 is 5.97 Å². The maximum Gasteiger partial charge on any atom is 0.356 e. The molecule has 7 nitrogen and oxygen atoms in total. The van der Waals surface area contributed by atoms with Gasteiger partial charge in [-0.2, -0.15) is 0 Å². The molecule has 138 valence electrons. The maximum atomic E-state index is 12.6. The number of ether oxygens (including phenoxy) is 1. The Balaban J connectivity index is 1.72. The maximum absolute atomic E-state index is 12.6. The predicted octanol–water partition coefficient (Wildman–Crippen LogP) is 0.831. The van der Waals surface area contributed by atoms with Crippen molar-refractivity contribution in [3.63, 3.8) is 0 Å². The first-order valence-corrected chi connectivity index (χ1v) is 9.68. The van der Waals surface area contributed by atoms with Gasteiger partial charge in [-0.15, -0.1) is 0 Å². The lowest BCUT2D eigenvalue weighted by Gasteiger charge is -2.35. The molecule has 2 amide bonds. The van der Waals surface area contributed by atoms with Crippen LogP contribution in [0.2, 0.25) is 0 Å². The Morgan fingerprint density at radius 2 is 2.00 bits per heavy atom. The van der Waals surface area contributed by atoms with Crippen LogP contribution >= 0.6 is 0 Å². The fourth-order valence-electron chi connectivity index (χ4n) is 3.05. The molecule has 0 saturated carbocycles. The summed E-state index contributed by atoms with van der Waals surface area (Å²) in [5, 5.41) is 2.59. The topological polar surface area (TPSA) is 92.8 Å². The van der Waals surface area contributed by atoms with Crippen molar-refractivity contribution >= 4 is 28.6 Å². The summed E-state index contributed by atoms with van der Waals surface area (Å²) in [7, 11) is -1.46. The van der Waals surface area contributed by atoms with E-state index in [1.54, 1.807) is 0 Å². The van der Waals surface area contributed by atoms with Crippen molar-refractivity contribution in [2.24, 2.45) is 0 Å². The first-order valence-electron chi connectivity index (χ1n) is 8.36. The zero-order chi connectivity index (χ0) is 18.7. The number of benzene rings is 1. The molecule has 0 bridgehead atoms. The lowest BCUT2D eigenvalue weighted by molar-refractivity contribution is -0.150. The summed E-state index contributed by atoms with van der Waals surface area (Å²) >= 11 is 0. The van der Waals surface area contributed by atoms with Crippen molar-refractivity contribution in [1.82, 2.24) is 10.2 Å². The number of β-lactam (4-membered cyclic amide) rings is 1. The molecule has 2 aliphatic heterocycles. The van der Waals surface area contributed by atoms with Crippen LogP contribution in [-0.4, -0.2) is 45.2 Å². The average molecular weight is 376 g/mol. The van der Waals surface area contributed by atoms with Gasteiger partial charge in [-0.25, -0.2) is 4.79 Å². The van der Waals surface area contributed by atoms with E-state index in [0.29, 0.717) is 17.7 Å². The van der Waals surface area contributed by atoms with Crippen LogP contribution in [0.4, 0.5) is 0 Å². The first-order chi connectivity index (χ1) is 12.5. The van der Waals surface area contributed by atoms with Crippen molar-refractivity contribution in [3.05, 3.63) is 46.5 Å². The molecule has 0 spiro atoms. The smallest absolute Gasteiger partial charge is 0.356 e. The summed E-state index contributed by atoms with van der Waals surface area (Å²) in [5.41, 5.74) is 0.947.